The first-order valence-corrected chi connectivity index (χ1v) is 9.67. The number of nitrogens with zero attached hydrogens (tertiary/aromatic N) is 2. The SMILES string of the molecule is OCC1(O)CCN(Cc2cccc(OCCCN3CCCCC3)c2)C1. The lowest BCUT2D eigenvalue weighted by Crippen LogP contribution is -2.36. The molecule has 1 atom stereocenters. The highest BCUT2D eigenvalue weighted by Gasteiger charge is 2.35. The Hall–Kier alpha value is -1.14. The molecule has 2 saturated heterocycles. The summed E-state index contributed by atoms with van der Waals surface area (Å²) in [6.45, 7) is 6.34. The summed E-state index contributed by atoms with van der Waals surface area (Å²) in [5.41, 5.74) is 0.262. The van der Waals surface area contributed by atoms with E-state index in [1.54, 1.807) is 0 Å². The standard InChI is InChI=1S/C20H32N2O3/c23-17-20(24)8-12-22(16-20)15-18-6-4-7-19(14-18)25-13-5-11-21-9-2-1-3-10-21/h4,6-7,14,23-24H,1-3,5,8-13,15-17H2. The highest BCUT2D eigenvalue weighted by Crippen LogP contribution is 2.23. The summed E-state index contributed by atoms with van der Waals surface area (Å²) in [6.07, 6.45) is 5.76. The molecular formula is C20H32N2O3. The summed E-state index contributed by atoms with van der Waals surface area (Å²) in [4.78, 5) is 4.73. The van der Waals surface area contributed by atoms with Crippen LogP contribution in [0.3, 0.4) is 0 Å². The van der Waals surface area contributed by atoms with E-state index >= 15 is 0 Å². The highest BCUT2D eigenvalue weighted by molar-refractivity contribution is 5.28. The molecule has 0 bridgehead atoms. The van der Waals surface area contributed by atoms with E-state index in [0.29, 0.717) is 13.0 Å². The summed E-state index contributed by atoms with van der Waals surface area (Å²) < 4.78 is 5.93. The number of likely N-dealkylation sites (tertiary alicyclic amines) is 2. The lowest BCUT2D eigenvalue weighted by molar-refractivity contribution is -0.00580. The molecular weight excluding hydrogens is 316 g/mol. The molecule has 5 heteroatoms. The van der Waals surface area contributed by atoms with Gasteiger partial charge in [-0.05, 0) is 56.5 Å². The third-order valence-corrected chi connectivity index (χ3v) is 5.35. The summed E-state index contributed by atoms with van der Waals surface area (Å²) in [6, 6.07) is 8.23. The minimum Gasteiger partial charge on any atom is -0.494 e. The maximum Gasteiger partial charge on any atom is 0.119 e. The fraction of sp³-hybridized carbons (Fsp3) is 0.700. The number of ether oxygens (including phenoxy) is 1. The number of aliphatic hydroxyl groups excluding tert-OH is 1. The monoisotopic (exact) mass is 348 g/mol. The predicted octanol–water partition coefficient (Wildman–Crippen LogP) is 1.87. The quantitative estimate of drug-likeness (QED) is 0.703. The molecule has 0 spiro atoms. The molecule has 140 valence electrons. The topological polar surface area (TPSA) is 56.2 Å². The van der Waals surface area contributed by atoms with Gasteiger partial charge in [-0.3, -0.25) is 4.90 Å². The number of benzene rings is 1. The van der Waals surface area contributed by atoms with Gasteiger partial charge in [0.1, 0.15) is 11.4 Å². The van der Waals surface area contributed by atoms with Gasteiger partial charge in [0.15, 0.2) is 0 Å². The van der Waals surface area contributed by atoms with Gasteiger partial charge in [0.2, 0.25) is 0 Å². The van der Waals surface area contributed by atoms with Crippen molar-refractivity contribution in [2.45, 2.75) is 44.2 Å². The first-order chi connectivity index (χ1) is 12.2. The van der Waals surface area contributed by atoms with Gasteiger partial charge < -0.3 is 19.8 Å². The van der Waals surface area contributed by atoms with Crippen LogP contribution in [0, 0.1) is 0 Å². The molecule has 2 heterocycles. The van der Waals surface area contributed by atoms with Crippen molar-refractivity contribution < 1.29 is 14.9 Å². The first-order valence-electron chi connectivity index (χ1n) is 9.67. The van der Waals surface area contributed by atoms with E-state index < -0.39 is 5.60 Å². The van der Waals surface area contributed by atoms with E-state index in [4.69, 9.17) is 4.74 Å². The summed E-state index contributed by atoms with van der Waals surface area (Å²) in [5.74, 6) is 0.924. The first kappa shape index (κ1) is 18.6. The average molecular weight is 348 g/mol. The van der Waals surface area contributed by atoms with E-state index in [0.717, 1.165) is 38.4 Å². The second-order valence-electron chi connectivity index (χ2n) is 7.59. The maximum absolute atomic E-state index is 10.1. The number of aliphatic hydroxyl groups is 2. The van der Waals surface area contributed by atoms with Crippen molar-refractivity contribution >= 4 is 0 Å². The van der Waals surface area contributed by atoms with Crippen molar-refractivity contribution in [2.75, 3.05) is 45.9 Å². The van der Waals surface area contributed by atoms with E-state index in [1.165, 1.54) is 37.9 Å². The Bertz CT molecular complexity index is 533. The Balaban J connectivity index is 1.40. The van der Waals surface area contributed by atoms with E-state index in [9.17, 15) is 10.2 Å². The van der Waals surface area contributed by atoms with Crippen molar-refractivity contribution in [1.82, 2.24) is 9.80 Å². The van der Waals surface area contributed by atoms with Crippen molar-refractivity contribution in [3.63, 3.8) is 0 Å². The predicted molar refractivity (Wildman–Crippen MR) is 98.8 cm³/mol. The van der Waals surface area contributed by atoms with Crippen LogP contribution in [0.1, 0.15) is 37.7 Å². The Labute approximate surface area is 151 Å². The molecule has 25 heavy (non-hydrogen) atoms. The fourth-order valence-electron chi connectivity index (χ4n) is 3.86. The van der Waals surface area contributed by atoms with E-state index in [-0.39, 0.29) is 6.61 Å². The van der Waals surface area contributed by atoms with Crippen LogP contribution in [0.15, 0.2) is 24.3 Å². The molecule has 0 aliphatic carbocycles. The minimum absolute atomic E-state index is 0.163. The van der Waals surface area contributed by atoms with Crippen LogP contribution in [0.4, 0.5) is 0 Å². The zero-order valence-electron chi connectivity index (χ0n) is 15.2. The number of piperidine rings is 1. The second-order valence-corrected chi connectivity index (χ2v) is 7.59. The van der Waals surface area contributed by atoms with E-state index in [1.807, 2.05) is 12.1 Å². The van der Waals surface area contributed by atoms with Gasteiger partial charge in [-0.25, -0.2) is 0 Å². The lowest BCUT2D eigenvalue weighted by atomic mass is 10.1. The average Bonchev–Trinajstić information content (AvgIpc) is 3.01. The van der Waals surface area contributed by atoms with Gasteiger partial charge in [-0.1, -0.05) is 18.6 Å². The summed E-state index contributed by atoms with van der Waals surface area (Å²) in [7, 11) is 0. The molecule has 5 nitrogen and oxygen atoms in total. The molecule has 1 aromatic rings. The minimum atomic E-state index is -0.928. The van der Waals surface area contributed by atoms with Crippen LogP contribution in [0.5, 0.6) is 5.75 Å². The van der Waals surface area contributed by atoms with Gasteiger partial charge in [-0.15, -0.1) is 0 Å². The molecule has 1 unspecified atom stereocenters. The normalized spacial score (nSPS) is 25.4. The number of hydrogen-bond acceptors (Lipinski definition) is 5. The Morgan fingerprint density at radius 3 is 2.68 bits per heavy atom. The number of β-amino-alcohol motifs (C(OH)–C–C–N with tert-alkyl or cyclic N) is 1. The van der Waals surface area contributed by atoms with Crippen LogP contribution in [-0.4, -0.2) is 71.6 Å². The zero-order valence-corrected chi connectivity index (χ0v) is 15.2. The molecule has 2 N–H and O–H groups in total. The molecule has 1 aromatic carbocycles. The summed E-state index contributed by atoms with van der Waals surface area (Å²) >= 11 is 0. The van der Waals surface area contributed by atoms with Crippen LogP contribution in [0.2, 0.25) is 0 Å². The molecule has 3 rings (SSSR count). The van der Waals surface area contributed by atoms with Crippen LogP contribution < -0.4 is 4.74 Å². The van der Waals surface area contributed by atoms with Gasteiger partial charge in [0, 0.05) is 26.2 Å². The largest absolute Gasteiger partial charge is 0.494 e. The van der Waals surface area contributed by atoms with Crippen LogP contribution in [0.25, 0.3) is 0 Å². The fourth-order valence-corrected chi connectivity index (χ4v) is 3.86. The van der Waals surface area contributed by atoms with Crippen molar-refractivity contribution in [1.29, 1.82) is 0 Å². The van der Waals surface area contributed by atoms with Gasteiger partial charge >= 0.3 is 0 Å². The smallest absolute Gasteiger partial charge is 0.119 e. The van der Waals surface area contributed by atoms with Gasteiger partial charge in [0.05, 0.1) is 13.2 Å². The van der Waals surface area contributed by atoms with Crippen molar-refractivity contribution in [3.05, 3.63) is 29.8 Å². The molecule has 2 aliphatic rings. The zero-order chi connectivity index (χ0) is 17.5. The number of rotatable bonds is 8. The number of hydrogen-bond donors (Lipinski definition) is 2. The van der Waals surface area contributed by atoms with Crippen molar-refractivity contribution in [2.24, 2.45) is 0 Å². The lowest BCUT2D eigenvalue weighted by Gasteiger charge is -2.26. The molecule has 0 radical (unpaired) electrons. The molecule has 0 saturated carbocycles. The third kappa shape index (κ3) is 5.68. The Kier molecular flexibility index (Phi) is 6.70. The van der Waals surface area contributed by atoms with E-state index in [2.05, 4.69) is 21.9 Å². The van der Waals surface area contributed by atoms with Crippen LogP contribution >= 0.6 is 0 Å². The van der Waals surface area contributed by atoms with Crippen LogP contribution in [-0.2, 0) is 6.54 Å². The highest BCUT2D eigenvalue weighted by atomic mass is 16.5. The van der Waals surface area contributed by atoms with Crippen molar-refractivity contribution in [3.8, 4) is 5.75 Å². The Morgan fingerprint density at radius 1 is 1.08 bits per heavy atom. The van der Waals surface area contributed by atoms with Gasteiger partial charge in [-0.2, -0.15) is 0 Å². The molecule has 2 fully saturated rings. The molecule has 0 aromatic heterocycles. The van der Waals surface area contributed by atoms with Gasteiger partial charge in [0.25, 0.3) is 0 Å². The molecule has 0 amide bonds. The Morgan fingerprint density at radius 2 is 1.92 bits per heavy atom. The molecule has 2 aliphatic heterocycles. The maximum atomic E-state index is 10.1. The second kappa shape index (κ2) is 8.99. The third-order valence-electron chi connectivity index (χ3n) is 5.35. The summed E-state index contributed by atoms with van der Waals surface area (Å²) in [5, 5.41) is 19.4.